The molecule has 0 spiro atoms. The highest BCUT2D eigenvalue weighted by Crippen LogP contribution is 2.31. The molecule has 5 nitrogen and oxygen atoms in total. The van der Waals surface area contributed by atoms with Crippen LogP contribution in [0.1, 0.15) is 36.1 Å². The zero-order valence-corrected chi connectivity index (χ0v) is 18.6. The quantitative estimate of drug-likeness (QED) is 0.713. The van der Waals surface area contributed by atoms with E-state index < -0.39 is 0 Å². The Morgan fingerprint density at radius 2 is 1.87 bits per heavy atom. The number of nitrogens with one attached hydrogen (secondary N) is 1. The molecule has 2 fully saturated rings. The van der Waals surface area contributed by atoms with Crippen molar-refractivity contribution in [2.45, 2.75) is 44.7 Å². The summed E-state index contributed by atoms with van der Waals surface area (Å²) in [5.74, 6) is 0.243. The van der Waals surface area contributed by atoms with Crippen molar-refractivity contribution in [2.24, 2.45) is 5.92 Å². The third-order valence-corrected chi connectivity index (χ3v) is 7.31. The molecule has 1 aromatic carbocycles. The Hall–Kier alpha value is -2.25. The fraction of sp³-hybridized carbons (Fsp3) is 0.500. The summed E-state index contributed by atoms with van der Waals surface area (Å²) >= 11 is 1.61. The predicted molar refractivity (Wildman–Crippen MR) is 120 cm³/mol. The summed E-state index contributed by atoms with van der Waals surface area (Å²) in [5.41, 5.74) is 0.766. The monoisotopic (exact) mass is 443 g/mol. The van der Waals surface area contributed by atoms with Gasteiger partial charge in [-0.05, 0) is 47.9 Å². The first-order valence-corrected chi connectivity index (χ1v) is 12.0. The van der Waals surface area contributed by atoms with E-state index in [9.17, 15) is 14.0 Å². The zero-order chi connectivity index (χ0) is 21.6. The summed E-state index contributed by atoms with van der Waals surface area (Å²) in [6, 6.07) is 10.2. The molecule has 2 aliphatic rings. The summed E-state index contributed by atoms with van der Waals surface area (Å²) in [7, 11) is 0. The maximum Gasteiger partial charge on any atom is 0.237 e. The highest BCUT2D eigenvalue weighted by Gasteiger charge is 2.37. The lowest BCUT2D eigenvalue weighted by Crippen LogP contribution is -2.58. The summed E-state index contributed by atoms with van der Waals surface area (Å²) in [6.45, 7) is 3.07. The lowest BCUT2D eigenvalue weighted by Gasteiger charge is -2.40. The van der Waals surface area contributed by atoms with Gasteiger partial charge in [0.1, 0.15) is 5.82 Å². The largest absolute Gasteiger partial charge is 0.351 e. The van der Waals surface area contributed by atoms with Gasteiger partial charge < -0.3 is 10.2 Å². The topological polar surface area (TPSA) is 52.7 Å². The van der Waals surface area contributed by atoms with Crippen LogP contribution in [0.4, 0.5) is 4.39 Å². The Balaban J connectivity index is 1.35. The Bertz CT molecular complexity index is 875. The van der Waals surface area contributed by atoms with Gasteiger partial charge in [-0.3, -0.25) is 14.5 Å². The van der Waals surface area contributed by atoms with Gasteiger partial charge >= 0.3 is 0 Å². The molecule has 1 aliphatic heterocycles. The molecular formula is C24H30FN3O2S. The second-order valence-corrected chi connectivity index (χ2v) is 9.54. The minimum absolute atomic E-state index is 0.0227. The van der Waals surface area contributed by atoms with Crippen molar-refractivity contribution in [1.82, 2.24) is 15.1 Å². The highest BCUT2D eigenvalue weighted by atomic mass is 32.1. The number of carbonyl (C=O) groups is 2. The zero-order valence-electron chi connectivity index (χ0n) is 17.8. The molecule has 166 valence electrons. The average molecular weight is 444 g/mol. The van der Waals surface area contributed by atoms with Gasteiger partial charge in [-0.15, -0.1) is 11.3 Å². The van der Waals surface area contributed by atoms with Gasteiger partial charge in [-0.25, -0.2) is 4.39 Å². The first-order valence-electron chi connectivity index (χ1n) is 11.2. The number of halogens is 1. The number of hydrogen-bond acceptors (Lipinski definition) is 4. The fourth-order valence-electron chi connectivity index (χ4n) is 4.82. The molecule has 2 amide bonds. The van der Waals surface area contributed by atoms with Crippen molar-refractivity contribution >= 4 is 23.2 Å². The number of piperazine rings is 1. The van der Waals surface area contributed by atoms with Gasteiger partial charge in [-0.2, -0.15) is 0 Å². The van der Waals surface area contributed by atoms with E-state index in [4.69, 9.17) is 0 Å². The maximum atomic E-state index is 13.5. The lowest BCUT2D eigenvalue weighted by atomic mass is 9.95. The lowest BCUT2D eigenvalue weighted by molar-refractivity contribution is -0.134. The van der Waals surface area contributed by atoms with Gasteiger partial charge in [0, 0.05) is 37.6 Å². The molecule has 1 atom stereocenters. The third kappa shape index (κ3) is 5.71. The number of rotatable bonds is 7. The number of thiophene rings is 1. The highest BCUT2D eigenvalue weighted by molar-refractivity contribution is 7.10. The summed E-state index contributed by atoms with van der Waals surface area (Å²) in [4.78, 5) is 31.1. The Kier molecular flexibility index (Phi) is 7.35. The van der Waals surface area contributed by atoms with Crippen LogP contribution in [0.3, 0.4) is 0 Å². The minimum Gasteiger partial charge on any atom is -0.351 e. The van der Waals surface area contributed by atoms with Gasteiger partial charge in [-0.1, -0.05) is 31.0 Å². The van der Waals surface area contributed by atoms with Crippen molar-refractivity contribution in [3.63, 3.8) is 0 Å². The van der Waals surface area contributed by atoms with Crippen molar-refractivity contribution in [1.29, 1.82) is 0 Å². The predicted octanol–water partition coefficient (Wildman–Crippen LogP) is 3.45. The van der Waals surface area contributed by atoms with Crippen LogP contribution in [0, 0.1) is 11.7 Å². The number of amides is 2. The van der Waals surface area contributed by atoms with Crippen LogP contribution in [0.5, 0.6) is 0 Å². The molecule has 1 N–H and O–H groups in total. The fourth-order valence-corrected chi connectivity index (χ4v) is 5.51. The molecule has 0 unspecified atom stereocenters. The van der Waals surface area contributed by atoms with Gasteiger partial charge in [0.05, 0.1) is 12.5 Å². The third-order valence-electron chi connectivity index (χ3n) is 6.44. The molecule has 0 bridgehead atoms. The maximum absolute atomic E-state index is 13.5. The van der Waals surface area contributed by atoms with Crippen LogP contribution in [-0.4, -0.2) is 53.8 Å². The van der Waals surface area contributed by atoms with Crippen molar-refractivity contribution in [2.75, 3.05) is 26.2 Å². The second-order valence-electron chi connectivity index (χ2n) is 8.51. The first kappa shape index (κ1) is 22.0. The van der Waals surface area contributed by atoms with Crippen LogP contribution in [0.25, 0.3) is 0 Å². The Labute approximate surface area is 187 Å². The summed E-state index contributed by atoms with van der Waals surface area (Å²) in [6.07, 6.45) is 4.91. The summed E-state index contributed by atoms with van der Waals surface area (Å²) < 4.78 is 13.5. The van der Waals surface area contributed by atoms with Crippen LogP contribution in [0.2, 0.25) is 0 Å². The molecule has 2 aromatic rings. The van der Waals surface area contributed by atoms with Gasteiger partial charge in [0.2, 0.25) is 11.8 Å². The molecule has 4 rings (SSSR count). The number of benzene rings is 1. The van der Waals surface area contributed by atoms with E-state index in [1.54, 1.807) is 17.4 Å². The molecule has 0 radical (unpaired) electrons. The van der Waals surface area contributed by atoms with Crippen LogP contribution >= 0.6 is 11.3 Å². The molecule has 1 aromatic heterocycles. The van der Waals surface area contributed by atoms with Crippen LogP contribution in [0.15, 0.2) is 41.8 Å². The van der Waals surface area contributed by atoms with E-state index in [0.29, 0.717) is 45.1 Å². The van der Waals surface area contributed by atoms with E-state index in [1.807, 2.05) is 28.5 Å². The molecule has 2 heterocycles. The SMILES string of the molecule is O=C(NCc1cccc(F)c1)[C@@H](C1CCCC1)N1CCN(C(=O)Cc2cccs2)CC1. The van der Waals surface area contributed by atoms with E-state index in [1.165, 1.54) is 12.1 Å². The van der Waals surface area contributed by atoms with E-state index in [0.717, 1.165) is 36.1 Å². The number of carbonyl (C=O) groups excluding carboxylic acids is 2. The van der Waals surface area contributed by atoms with Crippen LogP contribution in [-0.2, 0) is 22.6 Å². The van der Waals surface area contributed by atoms with Crippen molar-refractivity contribution in [3.8, 4) is 0 Å². The van der Waals surface area contributed by atoms with E-state index in [2.05, 4.69) is 10.2 Å². The smallest absolute Gasteiger partial charge is 0.237 e. The minimum atomic E-state index is -0.289. The van der Waals surface area contributed by atoms with Crippen molar-refractivity contribution in [3.05, 3.63) is 58.0 Å². The van der Waals surface area contributed by atoms with E-state index >= 15 is 0 Å². The normalized spacial score (nSPS) is 18.8. The summed E-state index contributed by atoms with van der Waals surface area (Å²) in [5, 5.41) is 5.03. The second kappa shape index (κ2) is 10.4. The van der Waals surface area contributed by atoms with Crippen molar-refractivity contribution < 1.29 is 14.0 Å². The standard InChI is InChI=1S/C24H30FN3O2S/c25-20-8-3-5-18(15-20)17-26-24(30)23(19-6-1-2-7-19)28-12-10-27(11-13-28)22(29)16-21-9-4-14-31-21/h3-5,8-9,14-15,19,23H,1-2,6-7,10-13,16-17H2,(H,26,30)/t23-/m1/s1. The molecule has 1 saturated carbocycles. The molecule has 1 saturated heterocycles. The molecule has 7 heteroatoms. The van der Waals surface area contributed by atoms with Gasteiger partial charge in [0.25, 0.3) is 0 Å². The van der Waals surface area contributed by atoms with Gasteiger partial charge in [0.15, 0.2) is 0 Å². The van der Waals surface area contributed by atoms with E-state index in [-0.39, 0.29) is 23.7 Å². The molecular weight excluding hydrogens is 413 g/mol. The van der Waals surface area contributed by atoms with Crippen LogP contribution < -0.4 is 5.32 Å². The molecule has 31 heavy (non-hydrogen) atoms. The first-order chi connectivity index (χ1) is 15.1. The number of hydrogen-bond donors (Lipinski definition) is 1. The Morgan fingerprint density at radius 1 is 1.10 bits per heavy atom. The Morgan fingerprint density at radius 3 is 2.55 bits per heavy atom. The number of nitrogens with zero attached hydrogens (tertiary/aromatic N) is 2. The average Bonchev–Trinajstić information content (AvgIpc) is 3.48. The molecule has 1 aliphatic carbocycles.